The van der Waals surface area contributed by atoms with E-state index in [9.17, 15) is 13.6 Å². The summed E-state index contributed by atoms with van der Waals surface area (Å²) in [5.74, 6) is 1.02. The first-order valence-electron chi connectivity index (χ1n) is 7.55. The standard InChI is InChI=1S/C15H28F2O2S/c1-4-10-19-15(18)14(12(2)3)20-11-8-6-5-7-9-13(16)17/h12-14H,4-11H2,1-3H3. The van der Waals surface area contributed by atoms with Crippen LogP contribution >= 0.6 is 11.8 Å². The summed E-state index contributed by atoms with van der Waals surface area (Å²) >= 11 is 1.63. The van der Waals surface area contributed by atoms with Gasteiger partial charge in [0.05, 0.1) is 6.61 Å². The first-order chi connectivity index (χ1) is 9.49. The highest BCUT2D eigenvalue weighted by Gasteiger charge is 2.23. The smallest absolute Gasteiger partial charge is 0.319 e. The van der Waals surface area contributed by atoms with E-state index in [0.717, 1.165) is 31.4 Å². The molecular weight excluding hydrogens is 282 g/mol. The van der Waals surface area contributed by atoms with Crippen molar-refractivity contribution in [2.45, 2.75) is 71.0 Å². The van der Waals surface area contributed by atoms with Crippen LogP contribution in [-0.4, -0.2) is 30.0 Å². The Morgan fingerprint density at radius 1 is 1.15 bits per heavy atom. The van der Waals surface area contributed by atoms with Gasteiger partial charge in [0.2, 0.25) is 6.43 Å². The van der Waals surface area contributed by atoms with Crippen molar-refractivity contribution >= 4 is 17.7 Å². The lowest BCUT2D eigenvalue weighted by atomic mass is 10.1. The van der Waals surface area contributed by atoms with Gasteiger partial charge in [0.1, 0.15) is 5.25 Å². The molecule has 0 saturated heterocycles. The number of esters is 1. The molecule has 0 aliphatic rings. The zero-order valence-corrected chi connectivity index (χ0v) is 13.7. The summed E-state index contributed by atoms with van der Waals surface area (Å²) in [5.41, 5.74) is 0. The van der Waals surface area contributed by atoms with E-state index >= 15 is 0 Å². The molecule has 0 aliphatic heterocycles. The molecule has 0 saturated carbocycles. The van der Waals surface area contributed by atoms with Gasteiger partial charge in [-0.1, -0.05) is 33.6 Å². The Labute approximate surface area is 126 Å². The van der Waals surface area contributed by atoms with Crippen molar-refractivity contribution in [3.8, 4) is 0 Å². The number of ether oxygens (including phenoxy) is 1. The number of alkyl halides is 2. The SMILES string of the molecule is CCCOC(=O)C(SCCCCCCC(F)F)C(C)C. The molecule has 1 unspecified atom stereocenters. The van der Waals surface area contributed by atoms with Crippen LogP contribution in [-0.2, 0) is 9.53 Å². The Morgan fingerprint density at radius 3 is 2.35 bits per heavy atom. The minimum Gasteiger partial charge on any atom is -0.465 e. The molecule has 0 aromatic heterocycles. The number of halogens is 2. The fraction of sp³-hybridized carbons (Fsp3) is 0.933. The number of carbonyl (C=O) groups excluding carboxylic acids is 1. The minimum atomic E-state index is -2.18. The molecule has 0 radical (unpaired) electrons. The van der Waals surface area contributed by atoms with Gasteiger partial charge in [-0.05, 0) is 30.9 Å². The van der Waals surface area contributed by atoms with E-state index in [2.05, 4.69) is 0 Å². The number of rotatable bonds is 12. The van der Waals surface area contributed by atoms with Crippen molar-refractivity contribution in [3.63, 3.8) is 0 Å². The predicted molar refractivity (Wildman–Crippen MR) is 81.4 cm³/mol. The maximum atomic E-state index is 11.9. The molecule has 0 fully saturated rings. The normalized spacial score (nSPS) is 12.9. The molecule has 0 bridgehead atoms. The molecule has 0 N–H and O–H groups in total. The summed E-state index contributed by atoms with van der Waals surface area (Å²) in [5, 5.41) is -0.109. The van der Waals surface area contributed by atoms with Crippen LogP contribution in [0.25, 0.3) is 0 Å². The summed E-state index contributed by atoms with van der Waals surface area (Å²) in [6.45, 7) is 6.50. The molecule has 2 nitrogen and oxygen atoms in total. The van der Waals surface area contributed by atoms with Crippen LogP contribution < -0.4 is 0 Å². The predicted octanol–water partition coefficient (Wildman–Crippen LogP) is 4.91. The Morgan fingerprint density at radius 2 is 1.80 bits per heavy atom. The van der Waals surface area contributed by atoms with Crippen molar-refractivity contribution in [3.05, 3.63) is 0 Å². The van der Waals surface area contributed by atoms with Crippen molar-refractivity contribution in [2.75, 3.05) is 12.4 Å². The van der Waals surface area contributed by atoms with Gasteiger partial charge < -0.3 is 4.74 Å². The van der Waals surface area contributed by atoms with Crippen molar-refractivity contribution in [1.29, 1.82) is 0 Å². The van der Waals surface area contributed by atoms with Gasteiger partial charge in [-0.2, -0.15) is 0 Å². The Balaban J connectivity index is 3.73. The topological polar surface area (TPSA) is 26.3 Å². The first kappa shape index (κ1) is 19.7. The average molecular weight is 310 g/mol. The van der Waals surface area contributed by atoms with Crippen molar-refractivity contribution in [1.82, 2.24) is 0 Å². The maximum Gasteiger partial charge on any atom is 0.319 e. The molecule has 0 heterocycles. The van der Waals surface area contributed by atoms with Crippen LogP contribution in [0.5, 0.6) is 0 Å². The van der Waals surface area contributed by atoms with Crippen LogP contribution in [0.3, 0.4) is 0 Å². The van der Waals surface area contributed by atoms with E-state index in [1.807, 2.05) is 20.8 Å². The molecular formula is C15H28F2O2S. The quantitative estimate of drug-likeness (QED) is 0.378. The van der Waals surface area contributed by atoms with Gasteiger partial charge in [0.15, 0.2) is 0 Å². The lowest BCUT2D eigenvalue weighted by molar-refractivity contribution is -0.143. The highest BCUT2D eigenvalue weighted by Crippen LogP contribution is 2.23. The maximum absolute atomic E-state index is 11.9. The van der Waals surface area contributed by atoms with E-state index in [1.54, 1.807) is 11.8 Å². The summed E-state index contributed by atoms with van der Waals surface area (Å²) in [4.78, 5) is 11.9. The highest BCUT2D eigenvalue weighted by molar-refractivity contribution is 8.00. The van der Waals surface area contributed by atoms with Crippen LogP contribution in [0.15, 0.2) is 0 Å². The van der Waals surface area contributed by atoms with Crippen LogP contribution in [0, 0.1) is 5.92 Å². The zero-order valence-electron chi connectivity index (χ0n) is 12.9. The van der Waals surface area contributed by atoms with E-state index in [4.69, 9.17) is 4.74 Å². The van der Waals surface area contributed by atoms with Gasteiger partial charge in [-0.3, -0.25) is 4.79 Å². The van der Waals surface area contributed by atoms with E-state index in [0.29, 0.717) is 13.0 Å². The Hall–Kier alpha value is -0.320. The second-order valence-electron chi connectivity index (χ2n) is 5.30. The van der Waals surface area contributed by atoms with Gasteiger partial charge in [0.25, 0.3) is 0 Å². The summed E-state index contributed by atoms with van der Waals surface area (Å²) in [7, 11) is 0. The third-order valence-corrected chi connectivity index (χ3v) is 4.52. The number of thioether (sulfide) groups is 1. The minimum absolute atomic E-state index is 0.00507. The van der Waals surface area contributed by atoms with Crippen LogP contribution in [0.4, 0.5) is 8.78 Å². The monoisotopic (exact) mass is 310 g/mol. The van der Waals surface area contributed by atoms with Gasteiger partial charge in [-0.15, -0.1) is 11.8 Å². The molecule has 0 aliphatic carbocycles. The van der Waals surface area contributed by atoms with E-state index in [-0.39, 0.29) is 23.6 Å². The fourth-order valence-corrected chi connectivity index (χ4v) is 3.00. The molecule has 0 spiro atoms. The van der Waals surface area contributed by atoms with Gasteiger partial charge >= 0.3 is 5.97 Å². The Kier molecular flexibility index (Phi) is 12.2. The number of hydrogen-bond acceptors (Lipinski definition) is 3. The van der Waals surface area contributed by atoms with Crippen LogP contribution in [0.2, 0.25) is 0 Å². The molecule has 0 amide bonds. The average Bonchev–Trinajstić information content (AvgIpc) is 2.38. The molecule has 20 heavy (non-hydrogen) atoms. The van der Waals surface area contributed by atoms with Gasteiger partial charge in [-0.25, -0.2) is 8.78 Å². The molecule has 1 atom stereocenters. The summed E-state index contributed by atoms with van der Waals surface area (Å²) in [6.07, 6.45) is 2.03. The zero-order chi connectivity index (χ0) is 15.4. The third-order valence-electron chi connectivity index (χ3n) is 2.90. The fourth-order valence-electron chi connectivity index (χ4n) is 1.78. The number of carbonyl (C=O) groups is 1. The number of unbranched alkanes of at least 4 members (excludes halogenated alkanes) is 3. The number of hydrogen-bond donors (Lipinski definition) is 0. The van der Waals surface area contributed by atoms with E-state index in [1.165, 1.54) is 0 Å². The van der Waals surface area contributed by atoms with Crippen molar-refractivity contribution < 1.29 is 18.3 Å². The highest BCUT2D eigenvalue weighted by atomic mass is 32.2. The third kappa shape index (κ3) is 10.5. The molecule has 120 valence electrons. The first-order valence-corrected chi connectivity index (χ1v) is 8.60. The molecule has 0 aromatic carbocycles. The molecule has 0 rings (SSSR count). The van der Waals surface area contributed by atoms with E-state index < -0.39 is 6.43 Å². The molecule has 0 aromatic rings. The van der Waals surface area contributed by atoms with Crippen LogP contribution in [0.1, 0.15) is 59.3 Å². The van der Waals surface area contributed by atoms with Gasteiger partial charge in [0, 0.05) is 6.42 Å². The molecule has 5 heteroatoms. The second-order valence-corrected chi connectivity index (χ2v) is 6.55. The lowest BCUT2D eigenvalue weighted by Crippen LogP contribution is -2.26. The second kappa shape index (κ2) is 12.4. The summed E-state index contributed by atoms with van der Waals surface area (Å²) < 4.78 is 29.1. The largest absolute Gasteiger partial charge is 0.465 e. The van der Waals surface area contributed by atoms with Crippen molar-refractivity contribution in [2.24, 2.45) is 5.92 Å². The Bertz CT molecular complexity index is 248. The lowest BCUT2D eigenvalue weighted by Gasteiger charge is -2.18. The summed E-state index contributed by atoms with van der Waals surface area (Å²) in [6, 6.07) is 0.